The molecule has 0 aromatic heterocycles. The van der Waals surface area contributed by atoms with Gasteiger partial charge in [-0.2, -0.15) is 0 Å². The summed E-state index contributed by atoms with van der Waals surface area (Å²) in [6.07, 6.45) is 2.41. The molecule has 3 heteroatoms. The summed E-state index contributed by atoms with van der Waals surface area (Å²) in [5.41, 5.74) is 6.70. The Bertz CT molecular complexity index is 694. The number of carbonyl (C=O) groups is 1. The molecule has 0 unspecified atom stereocenters. The van der Waals surface area contributed by atoms with Crippen LogP contribution in [0.2, 0.25) is 0 Å². The number of carbonyl (C=O) groups excluding carboxylic acids is 1. The van der Waals surface area contributed by atoms with Crippen LogP contribution in [0.5, 0.6) is 0 Å². The Balaban J connectivity index is 1.81. The van der Waals surface area contributed by atoms with Gasteiger partial charge in [-0.05, 0) is 46.7 Å². The average Bonchev–Trinajstić information content (AvgIpc) is 2.85. The molecule has 0 saturated carbocycles. The zero-order chi connectivity index (χ0) is 14.8. The van der Waals surface area contributed by atoms with Gasteiger partial charge < -0.3 is 5.32 Å². The molecule has 0 fully saturated rings. The zero-order valence-corrected chi connectivity index (χ0v) is 13.7. The van der Waals surface area contributed by atoms with E-state index in [4.69, 9.17) is 0 Å². The molecule has 21 heavy (non-hydrogen) atoms. The van der Waals surface area contributed by atoms with Crippen molar-refractivity contribution >= 4 is 21.8 Å². The van der Waals surface area contributed by atoms with Crippen molar-refractivity contribution in [2.45, 2.75) is 26.2 Å². The van der Waals surface area contributed by atoms with Gasteiger partial charge >= 0.3 is 0 Å². The van der Waals surface area contributed by atoms with Crippen LogP contribution in [0.1, 0.15) is 30.0 Å². The lowest BCUT2D eigenvalue weighted by molar-refractivity contribution is -0.120. The number of hydrogen-bond acceptors (Lipinski definition) is 1. The van der Waals surface area contributed by atoms with Crippen LogP contribution in [0.4, 0.5) is 0 Å². The lowest BCUT2D eigenvalue weighted by atomic mass is 10.0. The Morgan fingerprint density at radius 3 is 2.86 bits per heavy atom. The van der Waals surface area contributed by atoms with Gasteiger partial charge in [0.15, 0.2) is 0 Å². The van der Waals surface area contributed by atoms with Crippen molar-refractivity contribution < 1.29 is 4.79 Å². The predicted octanol–water partition coefficient (Wildman–Crippen LogP) is 4.09. The quantitative estimate of drug-likeness (QED) is 0.759. The Kier molecular flexibility index (Phi) is 4.11. The minimum absolute atomic E-state index is 0.114. The first-order valence-corrected chi connectivity index (χ1v) is 8.14. The van der Waals surface area contributed by atoms with Crippen molar-refractivity contribution in [3.05, 3.63) is 57.6 Å². The second-order valence-corrected chi connectivity index (χ2v) is 6.25. The highest BCUT2D eigenvalue weighted by Crippen LogP contribution is 2.41. The molecule has 1 amide bonds. The van der Waals surface area contributed by atoms with Crippen molar-refractivity contribution in [1.29, 1.82) is 0 Å². The molecule has 0 aliphatic heterocycles. The predicted molar refractivity (Wildman–Crippen MR) is 89.4 cm³/mol. The third-order valence-corrected chi connectivity index (χ3v) is 4.58. The number of halogens is 1. The fourth-order valence-electron chi connectivity index (χ4n) is 2.91. The summed E-state index contributed by atoms with van der Waals surface area (Å²) in [4.78, 5) is 11.3. The Morgan fingerprint density at radius 2 is 2.05 bits per heavy atom. The molecule has 0 bridgehead atoms. The summed E-state index contributed by atoms with van der Waals surface area (Å²) in [6, 6.07) is 13.0. The number of fused-ring (bicyclic) bond motifs is 3. The smallest absolute Gasteiger partial charge is 0.219 e. The molecule has 0 atom stereocenters. The van der Waals surface area contributed by atoms with Crippen LogP contribution in [-0.4, -0.2) is 12.5 Å². The van der Waals surface area contributed by atoms with Gasteiger partial charge in [-0.1, -0.05) is 53.2 Å². The lowest BCUT2D eigenvalue weighted by Gasteiger charge is -2.09. The second kappa shape index (κ2) is 6.02. The van der Waals surface area contributed by atoms with Gasteiger partial charge in [0.05, 0.1) is 0 Å². The second-order valence-electron chi connectivity index (χ2n) is 5.40. The van der Waals surface area contributed by atoms with E-state index in [9.17, 15) is 4.79 Å². The summed E-state index contributed by atoms with van der Waals surface area (Å²) in [5.74, 6) is 0.114. The number of benzene rings is 2. The number of hydrogen-bond donors (Lipinski definition) is 1. The minimum Gasteiger partial charge on any atom is -0.356 e. The molecular weight excluding hydrogens is 326 g/mol. The van der Waals surface area contributed by atoms with E-state index in [2.05, 4.69) is 57.6 Å². The molecule has 3 rings (SSSR count). The molecule has 1 aliphatic carbocycles. The molecular formula is C18H18BrNO. The van der Waals surface area contributed by atoms with Crippen LogP contribution in [0.25, 0.3) is 11.1 Å². The van der Waals surface area contributed by atoms with E-state index in [-0.39, 0.29) is 5.91 Å². The minimum atomic E-state index is 0.114. The van der Waals surface area contributed by atoms with Gasteiger partial charge in [0.1, 0.15) is 0 Å². The van der Waals surface area contributed by atoms with Crippen LogP contribution in [0.3, 0.4) is 0 Å². The van der Waals surface area contributed by atoms with E-state index in [1.165, 1.54) is 27.8 Å². The van der Waals surface area contributed by atoms with E-state index in [0.717, 1.165) is 17.3 Å². The summed E-state index contributed by atoms with van der Waals surface area (Å²) in [6.45, 7) is 2.57. The normalized spacial score (nSPS) is 11.9. The van der Waals surface area contributed by atoms with Crippen molar-refractivity contribution in [2.24, 2.45) is 0 Å². The first-order chi connectivity index (χ1) is 10.2. The standard InChI is InChI=1S/C18H18BrNO/c1-2-17(21)20-8-7-12-9-14-11-13-5-3-4-6-15(13)18(14)16(19)10-12/h3-6,9-10H,2,7-8,11H2,1H3,(H,20,21). The van der Waals surface area contributed by atoms with Crippen molar-refractivity contribution in [2.75, 3.05) is 6.54 Å². The Hall–Kier alpha value is -1.61. The molecule has 1 aliphatic rings. The SMILES string of the molecule is CCC(=O)NCCc1cc(Br)c2c(c1)Cc1ccccc1-2. The van der Waals surface area contributed by atoms with Gasteiger partial charge in [0.2, 0.25) is 5.91 Å². The Morgan fingerprint density at radius 1 is 1.24 bits per heavy atom. The maximum atomic E-state index is 11.3. The first-order valence-electron chi connectivity index (χ1n) is 7.35. The van der Waals surface area contributed by atoms with Crippen LogP contribution in [0.15, 0.2) is 40.9 Å². The van der Waals surface area contributed by atoms with Gasteiger partial charge in [-0.15, -0.1) is 0 Å². The monoisotopic (exact) mass is 343 g/mol. The molecule has 0 heterocycles. The van der Waals surface area contributed by atoms with Crippen LogP contribution in [-0.2, 0) is 17.6 Å². The Labute approximate surface area is 133 Å². The van der Waals surface area contributed by atoms with E-state index in [0.29, 0.717) is 13.0 Å². The van der Waals surface area contributed by atoms with E-state index >= 15 is 0 Å². The molecule has 108 valence electrons. The molecule has 2 aromatic rings. The van der Waals surface area contributed by atoms with Crippen molar-refractivity contribution in [1.82, 2.24) is 5.32 Å². The summed E-state index contributed by atoms with van der Waals surface area (Å²) in [7, 11) is 0. The number of rotatable bonds is 4. The molecule has 0 radical (unpaired) electrons. The zero-order valence-electron chi connectivity index (χ0n) is 12.1. The topological polar surface area (TPSA) is 29.1 Å². The lowest BCUT2D eigenvalue weighted by Crippen LogP contribution is -2.24. The van der Waals surface area contributed by atoms with Gasteiger partial charge in [0.25, 0.3) is 0 Å². The molecule has 2 aromatic carbocycles. The average molecular weight is 344 g/mol. The van der Waals surface area contributed by atoms with Crippen molar-refractivity contribution in [3.63, 3.8) is 0 Å². The van der Waals surface area contributed by atoms with Crippen LogP contribution in [0, 0.1) is 0 Å². The fourth-order valence-corrected chi connectivity index (χ4v) is 3.67. The van der Waals surface area contributed by atoms with Crippen LogP contribution >= 0.6 is 15.9 Å². The maximum absolute atomic E-state index is 11.3. The highest BCUT2D eigenvalue weighted by atomic mass is 79.9. The third kappa shape index (κ3) is 2.88. The summed E-state index contributed by atoms with van der Waals surface area (Å²) < 4.78 is 1.15. The maximum Gasteiger partial charge on any atom is 0.219 e. The summed E-state index contributed by atoms with van der Waals surface area (Å²) >= 11 is 3.72. The highest BCUT2D eigenvalue weighted by Gasteiger charge is 2.20. The highest BCUT2D eigenvalue weighted by molar-refractivity contribution is 9.10. The van der Waals surface area contributed by atoms with Gasteiger partial charge in [-0.3, -0.25) is 4.79 Å². The summed E-state index contributed by atoms with van der Waals surface area (Å²) in [5, 5.41) is 2.93. The number of nitrogens with one attached hydrogen (secondary N) is 1. The van der Waals surface area contributed by atoms with Crippen molar-refractivity contribution in [3.8, 4) is 11.1 Å². The van der Waals surface area contributed by atoms with E-state index in [1.807, 2.05) is 6.92 Å². The first kappa shape index (κ1) is 14.3. The van der Waals surface area contributed by atoms with Gasteiger partial charge in [0, 0.05) is 17.4 Å². The van der Waals surface area contributed by atoms with Crippen LogP contribution < -0.4 is 5.32 Å². The van der Waals surface area contributed by atoms with E-state index < -0.39 is 0 Å². The van der Waals surface area contributed by atoms with Gasteiger partial charge in [-0.25, -0.2) is 0 Å². The molecule has 1 N–H and O–H groups in total. The molecule has 2 nitrogen and oxygen atoms in total. The van der Waals surface area contributed by atoms with E-state index in [1.54, 1.807) is 0 Å². The molecule has 0 saturated heterocycles. The molecule has 0 spiro atoms. The largest absolute Gasteiger partial charge is 0.356 e. The fraction of sp³-hybridized carbons (Fsp3) is 0.278. The number of amides is 1. The third-order valence-electron chi connectivity index (χ3n) is 3.96.